The molecule has 3 rings (SSSR count). The molecule has 0 aromatic heterocycles. The number of hydrogen-bond acceptors (Lipinski definition) is 3. The van der Waals surface area contributed by atoms with E-state index in [2.05, 4.69) is 36.9 Å². The fourth-order valence-electron chi connectivity index (χ4n) is 3.09. The number of halogens is 2. The van der Waals surface area contributed by atoms with Crippen LogP contribution in [-0.2, 0) is 0 Å². The third kappa shape index (κ3) is 4.39. The van der Waals surface area contributed by atoms with Crippen molar-refractivity contribution in [2.45, 2.75) is 13.8 Å². The molecule has 0 bridgehead atoms. The number of nitrogens with two attached hydrogens (primary N) is 1. The van der Waals surface area contributed by atoms with Crippen LogP contribution in [0, 0.1) is 13.8 Å². The maximum Gasteiger partial charge on any atom is 0.256 e. The molecule has 1 aliphatic rings. The third-order valence-corrected chi connectivity index (χ3v) is 4.67. The lowest BCUT2D eigenvalue weighted by Crippen LogP contribution is -2.49. The molecule has 1 heterocycles. The summed E-state index contributed by atoms with van der Waals surface area (Å²) >= 11 is 0. The summed E-state index contributed by atoms with van der Waals surface area (Å²) in [6.45, 7) is 7.44. The van der Waals surface area contributed by atoms with Crippen molar-refractivity contribution in [1.82, 2.24) is 4.90 Å². The van der Waals surface area contributed by atoms with Gasteiger partial charge in [-0.1, -0.05) is 24.3 Å². The SMILES string of the molecule is Cc1cccc(N2CCN(C(=O)c3ccccc3N)CC2)c1C.Cl.Cl. The molecule has 2 N–H and O–H groups in total. The summed E-state index contributed by atoms with van der Waals surface area (Å²) in [6, 6.07) is 13.7. The summed E-state index contributed by atoms with van der Waals surface area (Å²) in [4.78, 5) is 16.9. The number of carbonyl (C=O) groups is 1. The van der Waals surface area contributed by atoms with E-state index in [1.54, 1.807) is 12.1 Å². The van der Waals surface area contributed by atoms with Gasteiger partial charge in [0.25, 0.3) is 5.91 Å². The second-order valence-corrected chi connectivity index (χ2v) is 6.09. The van der Waals surface area contributed by atoms with Crippen LogP contribution in [-0.4, -0.2) is 37.0 Å². The minimum atomic E-state index is 0. The Morgan fingerprint density at radius 2 is 1.56 bits per heavy atom. The van der Waals surface area contributed by atoms with Gasteiger partial charge in [-0.15, -0.1) is 24.8 Å². The Bertz CT molecular complexity index is 728. The number of anilines is 2. The fourth-order valence-corrected chi connectivity index (χ4v) is 3.09. The minimum Gasteiger partial charge on any atom is -0.398 e. The van der Waals surface area contributed by atoms with Crippen LogP contribution in [0.15, 0.2) is 42.5 Å². The number of benzene rings is 2. The molecular weight excluding hydrogens is 357 g/mol. The van der Waals surface area contributed by atoms with Crippen LogP contribution in [0.5, 0.6) is 0 Å². The lowest BCUT2D eigenvalue weighted by molar-refractivity contribution is 0.0748. The monoisotopic (exact) mass is 381 g/mol. The Morgan fingerprint density at radius 3 is 2.20 bits per heavy atom. The zero-order chi connectivity index (χ0) is 16.4. The zero-order valence-electron chi connectivity index (χ0n) is 14.6. The molecule has 0 radical (unpaired) electrons. The van der Waals surface area contributed by atoms with E-state index in [1.165, 1.54) is 16.8 Å². The van der Waals surface area contributed by atoms with Gasteiger partial charge < -0.3 is 15.5 Å². The first-order chi connectivity index (χ1) is 11.1. The van der Waals surface area contributed by atoms with Crippen LogP contribution in [0.2, 0.25) is 0 Å². The molecule has 1 amide bonds. The Labute approximate surface area is 161 Å². The number of nitrogen functional groups attached to an aromatic ring is 1. The number of carbonyl (C=O) groups excluding carboxylic acids is 1. The van der Waals surface area contributed by atoms with E-state index in [9.17, 15) is 4.79 Å². The smallest absolute Gasteiger partial charge is 0.256 e. The number of nitrogens with zero attached hydrogens (tertiary/aromatic N) is 2. The number of rotatable bonds is 2. The fraction of sp³-hybridized carbons (Fsp3) is 0.316. The van der Waals surface area contributed by atoms with Gasteiger partial charge >= 0.3 is 0 Å². The van der Waals surface area contributed by atoms with Crippen LogP contribution in [0.4, 0.5) is 11.4 Å². The molecule has 4 nitrogen and oxygen atoms in total. The normalized spacial score (nSPS) is 13.7. The van der Waals surface area contributed by atoms with Crippen LogP contribution >= 0.6 is 24.8 Å². The summed E-state index contributed by atoms with van der Waals surface area (Å²) in [5.74, 6) is 0.0312. The molecule has 2 aromatic carbocycles. The maximum absolute atomic E-state index is 12.6. The highest BCUT2D eigenvalue weighted by atomic mass is 35.5. The Morgan fingerprint density at radius 1 is 0.920 bits per heavy atom. The van der Waals surface area contributed by atoms with Crippen molar-refractivity contribution >= 4 is 42.1 Å². The van der Waals surface area contributed by atoms with Crippen molar-refractivity contribution in [3.05, 3.63) is 59.2 Å². The highest BCUT2D eigenvalue weighted by Crippen LogP contribution is 2.24. The quantitative estimate of drug-likeness (QED) is 0.806. The lowest BCUT2D eigenvalue weighted by atomic mass is 10.1. The van der Waals surface area contributed by atoms with Crippen LogP contribution in [0.3, 0.4) is 0 Å². The Balaban J connectivity index is 0.00000156. The van der Waals surface area contributed by atoms with Crippen molar-refractivity contribution in [1.29, 1.82) is 0 Å². The van der Waals surface area contributed by atoms with Crippen molar-refractivity contribution in [3.63, 3.8) is 0 Å². The van der Waals surface area contributed by atoms with Gasteiger partial charge in [0, 0.05) is 37.6 Å². The number of amides is 1. The number of aryl methyl sites for hydroxylation is 1. The van der Waals surface area contributed by atoms with Gasteiger partial charge in [0.1, 0.15) is 0 Å². The van der Waals surface area contributed by atoms with Gasteiger partial charge in [-0.05, 0) is 43.2 Å². The largest absolute Gasteiger partial charge is 0.398 e. The van der Waals surface area contributed by atoms with Crippen molar-refractivity contribution in [2.24, 2.45) is 0 Å². The van der Waals surface area contributed by atoms with Gasteiger partial charge in [-0.3, -0.25) is 4.79 Å². The van der Waals surface area contributed by atoms with Gasteiger partial charge in [0.15, 0.2) is 0 Å². The van der Waals surface area contributed by atoms with Gasteiger partial charge in [-0.25, -0.2) is 0 Å². The van der Waals surface area contributed by atoms with Crippen LogP contribution in [0.1, 0.15) is 21.5 Å². The Hall–Kier alpha value is -1.91. The molecule has 0 atom stereocenters. The molecule has 1 aliphatic heterocycles. The minimum absolute atomic E-state index is 0. The average Bonchev–Trinajstić information content (AvgIpc) is 2.57. The second kappa shape index (κ2) is 8.97. The van der Waals surface area contributed by atoms with E-state index in [0.29, 0.717) is 11.3 Å². The lowest BCUT2D eigenvalue weighted by Gasteiger charge is -2.37. The standard InChI is InChI=1S/C19H23N3O.2ClH/c1-14-6-5-9-18(15(14)2)21-10-12-22(13-11-21)19(23)16-7-3-4-8-17(16)20;;/h3-9H,10-13,20H2,1-2H3;2*1H. The molecule has 1 fully saturated rings. The number of para-hydroxylation sites is 1. The van der Waals surface area contributed by atoms with E-state index in [1.807, 2.05) is 17.0 Å². The summed E-state index contributed by atoms with van der Waals surface area (Å²) in [5, 5.41) is 0. The molecule has 0 spiro atoms. The molecule has 0 aliphatic carbocycles. The average molecular weight is 382 g/mol. The molecule has 136 valence electrons. The molecule has 0 unspecified atom stereocenters. The highest BCUT2D eigenvalue weighted by Gasteiger charge is 2.24. The molecule has 6 heteroatoms. The predicted octanol–water partition coefficient (Wildman–Crippen LogP) is 3.69. The first-order valence-electron chi connectivity index (χ1n) is 8.03. The molecule has 25 heavy (non-hydrogen) atoms. The molecule has 0 saturated carbocycles. The summed E-state index contributed by atoms with van der Waals surface area (Å²) in [5.41, 5.74) is 11.0. The van der Waals surface area contributed by atoms with E-state index in [-0.39, 0.29) is 30.7 Å². The second-order valence-electron chi connectivity index (χ2n) is 6.09. The van der Waals surface area contributed by atoms with Crippen molar-refractivity contribution < 1.29 is 4.79 Å². The van der Waals surface area contributed by atoms with Gasteiger partial charge in [0.05, 0.1) is 5.56 Å². The summed E-state index contributed by atoms with van der Waals surface area (Å²) in [7, 11) is 0. The predicted molar refractivity (Wildman–Crippen MR) is 109 cm³/mol. The van der Waals surface area contributed by atoms with Crippen molar-refractivity contribution in [3.8, 4) is 0 Å². The number of hydrogen-bond donors (Lipinski definition) is 1. The zero-order valence-corrected chi connectivity index (χ0v) is 16.2. The van der Waals surface area contributed by atoms with E-state index >= 15 is 0 Å². The van der Waals surface area contributed by atoms with Crippen LogP contribution in [0.25, 0.3) is 0 Å². The van der Waals surface area contributed by atoms with Gasteiger partial charge in [-0.2, -0.15) is 0 Å². The molecule has 1 saturated heterocycles. The first-order valence-corrected chi connectivity index (χ1v) is 8.03. The summed E-state index contributed by atoms with van der Waals surface area (Å²) < 4.78 is 0. The summed E-state index contributed by atoms with van der Waals surface area (Å²) in [6.07, 6.45) is 0. The number of piperazine rings is 1. The topological polar surface area (TPSA) is 49.6 Å². The Kier molecular flexibility index (Phi) is 7.59. The third-order valence-electron chi connectivity index (χ3n) is 4.67. The first kappa shape index (κ1) is 21.1. The van der Waals surface area contributed by atoms with Crippen LogP contribution < -0.4 is 10.6 Å². The van der Waals surface area contributed by atoms with E-state index < -0.39 is 0 Å². The van der Waals surface area contributed by atoms with E-state index in [0.717, 1.165) is 26.2 Å². The van der Waals surface area contributed by atoms with E-state index in [4.69, 9.17) is 5.73 Å². The van der Waals surface area contributed by atoms with Gasteiger partial charge in [0.2, 0.25) is 0 Å². The highest BCUT2D eigenvalue weighted by molar-refractivity contribution is 5.99. The molecular formula is C19H25Cl2N3O. The maximum atomic E-state index is 12.6. The van der Waals surface area contributed by atoms with Crippen molar-refractivity contribution in [2.75, 3.05) is 36.8 Å². The molecule has 2 aromatic rings.